The summed E-state index contributed by atoms with van der Waals surface area (Å²) in [5.74, 6) is -0.431. The lowest BCUT2D eigenvalue weighted by molar-refractivity contribution is -0.154. The van der Waals surface area contributed by atoms with Crippen molar-refractivity contribution in [2.24, 2.45) is 0 Å². The lowest BCUT2D eigenvalue weighted by Gasteiger charge is -2.15. The monoisotopic (exact) mass is 157 g/mol. The summed E-state index contributed by atoms with van der Waals surface area (Å²) in [4.78, 5) is 22.7. The highest BCUT2D eigenvalue weighted by Gasteiger charge is 2.28. The van der Waals surface area contributed by atoms with E-state index in [9.17, 15) is 9.59 Å². The second-order valence-corrected chi connectivity index (χ2v) is 2.67. The van der Waals surface area contributed by atoms with Crippen LogP contribution in [0.3, 0.4) is 0 Å². The van der Waals surface area contributed by atoms with E-state index in [1.807, 2.05) is 11.9 Å². The van der Waals surface area contributed by atoms with Crippen LogP contribution in [0.1, 0.15) is 12.8 Å². The number of ether oxygens (including phenoxy) is 1. The summed E-state index contributed by atoms with van der Waals surface area (Å²) < 4.78 is 4.24. The fourth-order valence-corrected chi connectivity index (χ4v) is 1.33. The number of hydrogen-bond acceptors (Lipinski definition) is 4. The number of rotatable bonds is 2. The van der Waals surface area contributed by atoms with Crippen LogP contribution >= 0.6 is 0 Å². The van der Waals surface area contributed by atoms with Crippen molar-refractivity contribution in [3.8, 4) is 0 Å². The van der Waals surface area contributed by atoms with E-state index in [4.69, 9.17) is 0 Å². The van der Waals surface area contributed by atoms with Crippen LogP contribution in [0.15, 0.2) is 0 Å². The average molecular weight is 157 g/mol. The molecule has 0 N–H and O–H groups in total. The fraction of sp³-hybridized carbons (Fsp3) is 0.714. The predicted molar refractivity (Wildman–Crippen MR) is 37.8 cm³/mol. The van der Waals surface area contributed by atoms with Crippen molar-refractivity contribution in [1.29, 1.82) is 0 Å². The van der Waals surface area contributed by atoms with Gasteiger partial charge in [0.1, 0.15) is 6.04 Å². The van der Waals surface area contributed by atoms with E-state index in [0.717, 1.165) is 19.4 Å². The Morgan fingerprint density at radius 3 is 2.91 bits per heavy atom. The minimum Gasteiger partial charge on any atom is -0.394 e. The van der Waals surface area contributed by atoms with Gasteiger partial charge in [-0.3, -0.25) is 9.69 Å². The molecule has 0 saturated carbocycles. The summed E-state index contributed by atoms with van der Waals surface area (Å²) in [5, 5.41) is 0. The van der Waals surface area contributed by atoms with Gasteiger partial charge in [-0.25, -0.2) is 4.79 Å². The van der Waals surface area contributed by atoms with Crippen molar-refractivity contribution in [3.63, 3.8) is 0 Å². The molecule has 1 aliphatic rings. The summed E-state index contributed by atoms with van der Waals surface area (Å²) in [5.41, 5.74) is 0. The first-order chi connectivity index (χ1) is 5.25. The molecule has 4 nitrogen and oxygen atoms in total. The zero-order valence-corrected chi connectivity index (χ0v) is 6.45. The predicted octanol–water partition coefficient (Wildman–Crippen LogP) is -0.220. The molecule has 62 valence electrons. The third-order valence-electron chi connectivity index (χ3n) is 1.96. The molecule has 1 atom stereocenters. The molecule has 1 unspecified atom stereocenters. The van der Waals surface area contributed by atoms with Gasteiger partial charge >= 0.3 is 12.4 Å². The molecule has 4 heteroatoms. The Morgan fingerprint density at radius 2 is 2.45 bits per heavy atom. The molecule has 0 aromatic rings. The zero-order valence-electron chi connectivity index (χ0n) is 6.45. The normalized spacial score (nSPS) is 25.0. The maximum absolute atomic E-state index is 11.0. The zero-order chi connectivity index (χ0) is 8.27. The van der Waals surface area contributed by atoms with E-state index >= 15 is 0 Å². The van der Waals surface area contributed by atoms with Gasteiger partial charge in [0.25, 0.3) is 0 Å². The van der Waals surface area contributed by atoms with Crippen LogP contribution < -0.4 is 0 Å². The Balaban J connectivity index is 2.45. The van der Waals surface area contributed by atoms with Gasteiger partial charge in [-0.1, -0.05) is 0 Å². The van der Waals surface area contributed by atoms with Crippen molar-refractivity contribution in [1.82, 2.24) is 4.90 Å². The highest BCUT2D eigenvalue weighted by molar-refractivity contribution is 5.81. The van der Waals surface area contributed by atoms with Gasteiger partial charge in [-0.05, 0) is 26.4 Å². The molecule has 0 amide bonds. The molecule has 0 spiro atoms. The molecule has 1 saturated heterocycles. The van der Waals surface area contributed by atoms with Gasteiger partial charge in [-0.2, -0.15) is 0 Å². The van der Waals surface area contributed by atoms with Crippen LogP contribution in [0.2, 0.25) is 0 Å². The van der Waals surface area contributed by atoms with Gasteiger partial charge in [0.05, 0.1) is 0 Å². The summed E-state index contributed by atoms with van der Waals surface area (Å²) in [7, 11) is 1.85. The van der Waals surface area contributed by atoms with Crippen LogP contribution in [-0.2, 0) is 14.3 Å². The quantitative estimate of drug-likeness (QED) is 0.316. The lowest BCUT2D eigenvalue weighted by atomic mass is 10.2. The molecule has 0 aromatic carbocycles. The molecule has 1 rings (SSSR count). The number of likely N-dealkylation sites (N-methyl/N-ethyl adjacent to an activating group) is 1. The van der Waals surface area contributed by atoms with E-state index in [1.165, 1.54) is 0 Å². The van der Waals surface area contributed by atoms with Gasteiger partial charge in [0.15, 0.2) is 0 Å². The Labute approximate surface area is 65.1 Å². The standard InChI is InChI=1S/C7H11NO3/c1-8-4-2-3-6(8)7(10)11-5-9/h5-6H,2-4H2,1H3. The molecule has 1 aliphatic heterocycles. The SMILES string of the molecule is CN1CCCC1C(=O)OC=O. The van der Waals surface area contributed by atoms with Crippen LogP contribution in [-0.4, -0.2) is 37.0 Å². The molecule has 1 fully saturated rings. The molecule has 0 aromatic heterocycles. The van der Waals surface area contributed by atoms with E-state index in [2.05, 4.69) is 4.74 Å². The van der Waals surface area contributed by atoms with Crippen molar-refractivity contribution < 1.29 is 14.3 Å². The van der Waals surface area contributed by atoms with Crippen LogP contribution in [0, 0.1) is 0 Å². The summed E-state index contributed by atoms with van der Waals surface area (Å²) >= 11 is 0. The molecule has 0 radical (unpaired) electrons. The van der Waals surface area contributed by atoms with Crippen molar-refractivity contribution in [2.75, 3.05) is 13.6 Å². The van der Waals surface area contributed by atoms with E-state index < -0.39 is 5.97 Å². The lowest BCUT2D eigenvalue weighted by Crippen LogP contribution is -2.34. The first kappa shape index (κ1) is 8.20. The highest BCUT2D eigenvalue weighted by Crippen LogP contribution is 2.15. The first-order valence-corrected chi connectivity index (χ1v) is 3.60. The smallest absolute Gasteiger partial charge is 0.330 e. The molecular weight excluding hydrogens is 146 g/mol. The second kappa shape index (κ2) is 3.48. The number of carbonyl (C=O) groups is 2. The third kappa shape index (κ3) is 1.77. The van der Waals surface area contributed by atoms with Gasteiger partial charge in [0.2, 0.25) is 0 Å². The number of esters is 1. The number of nitrogens with zero attached hydrogens (tertiary/aromatic N) is 1. The van der Waals surface area contributed by atoms with Crippen LogP contribution in [0.25, 0.3) is 0 Å². The minimum absolute atomic E-state index is 0.189. The maximum atomic E-state index is 11.0. The first-order valence-electron chi connectivity index (χ1n) is 3.60. The van der Waals surface area contributed by atoms with Crippen LogP contribution in [0.4, 0.5) is 0 Å². The van der Waals surface area contributed by atoms with E-state index in [-0.39, 0.29) is 12.5 Å². The minimum atomic E-state index is -0.431. The average Bonchev–Trinajstić information content (AvgIpc) is 2.36. The summed E-state index contributed by atoms with van der Waals surface area (Å²) in [6, 6.07) is -0.208. The molecule has 0 aliphatic carbocycles. The summed E-state index contributed by atoms with van der Waals surface area (Å²) in [6.07, 6.45) is 1.79. The van der Waals surface area contributed by atoms with Crippen molar-refractivity contribution >= 4 is 12.4 Å². The largest absolute Gasteiger partial charge is 0.394 e. The van der Waals surface area contributed by atoms with E-state index in [1.54, 1.807) is 0 Å². The van der Waals surface area contributed by atoms with Gasteiger partial charge < -0.3 is 4.74 Å². The molecule has 1 heterocycles. The van der Waals surface area contributed by atoms with Crippen LogP contribution in [0.5, 0.6) is 0 Å². The molecule has 0 bridgehead atoms. The van der Waals surface area contributed by atoms with E-state index in [0.29, 0.717) is 0 Å². The second-order valence-electron chi connectivity index (χ2n) is 2.67. The van der Waals surface area contributed by atoms with Crippen molar-refractivity contribution in [2.45, 2.75) is 18.9 Å². The van der Waals surface area contributed by atoms with Gasteiger partial charge in [0, 0.05) is 0 Å². The van der Waals surface area contributed by atoms with Crippen molar-refractivity contribution in [3.05, 3.63) is 0 Å². The number of carbonyl (C=O) groups excluding carboxylic acids is 2. The Morgan fingerprint density at radius 1 is 1.73 bits per heavy atom. The number of hydrogen-bond donors (Lipinski definition) is 0. The maximum Gasteiger partial charge on any atom is 0.330 e. The third-order valence-corrected chi connectivity index (χ3v) is 1.96. The topological polar surface area (TPSA) is 46.6 Å². The fourth-order valence-electron chi connectivity index (χ4n) is 1.33. The Kier molecular flexibility index (Phi) is 2.59. The number of likely N-dealkylation sites (tertiary alicyclic amines) is 1. The molecular formula is C7H11NO3. The highest BCUT2D eigenvalue weighted by atomic mass is 16.6. The Bertz CT molecular complexity index is 169. The summed E-state index contributed by atoms with van der Waals surface area (Å²) in [6.45, 7) is 1.09. The van der Waals surface area contributed by atoms with Gasteiger partial charge in [-0.15, -0.1) is 0 Å². The Hall–Kier alpha value is -0.900. The molecule has 11 heavy (non-hydrogen) atoms.